The van der Waals surface area contributed by atoms with Gasteiger partial charge in [-0.15, -0.1) is 0 Å². The minimum atomic E-state index is -0.156. The Labute approximate surface area is 425 Å². The van der Waals surface area contributed by atoms with Gasteiger partial charge in [-0.05, 0) is 126 Å². The summed E-state index contributed by atoms with van der Waals surface area (Å²) in [5, 5.41) is 2.58. The Kier molecular flexibility index (Phi) is 10.5. The van der Waals surface area contributed by atoms with Crippen LogP contribution in [0.2, 0.25) is 0 Å². The van der Waals surface area contributed by atoms with Crippen LogP contribution in [0, 0.1) is 5.92 Å². The maximum atomic E-state index is 2.50. The summed E-state index contributed by atoms with van der Waals surface area (Å²) in [6, 6.07) is 75.0. The number of anilines is 2. The Morgan fingerprint density at radius 3 is 1.75 bits per heavy atom. The number of fused-ring (bicyclic) bond motifs is 8. The van der Waals surface area contributed by atoms with Crippen molar-refractivity contribution in [2.24, 2.45) is 5.92 Å². The fourth-order valence-corrected chi connectivity index (χ4v) is 12.5. The van der Waals surface area contributed by atoms with Gasteiger partial charge in [0.1, 0.15) is 0 Å². The van der Waals surface area contributed by atoms with Gasteiger partial charge in [0.05, 0.1) is 0 Å². The van der Waals surface area contributed by atoms with E-state index >= 15 is 0 Å². The first-order valence-corrected chi connectivity index (χ1v) is 25.7. The summed E-state index contributed by atoms with van der Waals surface area (Å²) in [6.07, 6.45) is 19.2. The van der Waals surface area contributed by atoms with Gasteiger partial charge in [0.2, 0.25) is 6.71 Å². The predicted molar refractivity (Wildman–Crippen MR) is 309 cm³/mol. The van der Waals surface area contributed by atoms with Crippen molar-refractivity contribution in [1.82, 2.24) is 0 Å². The lowest BCUT2D eigenvalue weighted by Crippen LogP contribution is -2.52. The lowest BCUT2D eigenvalue weighted by molar-refractivity contribution is 0.660. The highest BCUT2D eigenvalue weighted by molar-refractivity contribution is 6.96. The molecule has 72 heavy (non-hydrogen) atoms. The van der Waals surface area contributed by atoms with Gasteiger partial charge in [-0.1, -0.05) is 256 Å². The van der Waals surface area contributed by atoms with Crippen LogP contribution < -0.4 is 21.3 Å². The van der Waals surface area contributed by atoms with E-state index in [4.69, 9.17) is 0 Å². The smallest absolute Gasteiger partial charge is 0.242 e. The van der Waals surface area contributed by atoms with Gasteiger partial charge in [0.25, 0.3) is 0 Å². The third-order valence-electron chi connectivity index (χ3n) is 16.3. The molecule has 1 nitrogen and oxygen atoms in total. The second-order valence-electron chi connectivity index (χ2n) is 21.2. The van der Waals surface area contributed by atoms with Crippen molar-refractivity contribution in [2.45, 2.75) is 44.9 Å². The summed E-state index contributed by atoms with van der Waals surface area (Å²) in [4.78, 5) is 2.41. The van der Waals surface area contributed by atoms with Crippen LogP contribution in [-0.4, -0.2) is 6.71 Å². The molecular formula is C70H56BN. The van der Waals surface area contributed by atoms with Crippen molar-refractivity contribution in [2.75, 3.05) is 4.90 Å². The lowest BCUT2D eigenvalue weighted by atomic mass is 9.36. The molecule has 0 aromatic heterocycles. The molecule has 9 aromatic rings. The average Bonchev–Trinajstić information content (AvgIpc) is 3.79. The predicted octanol–water partition coefficient (Wildman–Crippen LogP) is 15.9. The lowest BCUT2D eigenvalue weighted by Gasteiger charge is -2.32. The van der Waals surface area contributed by atoms with E-state index in [1.165, 1.54) is 105 Å². The topological polar surface area (TPSA) is 3.24 Å². The number of hydrogen-bond donors (Lipinski definition) is 0. The molecule has 0 aliphatic heterocycles. The van der Waals surface area contributed by atoms with E-state index in [1.54, 1.807) is 0 Å². The largest absolute Gasteiger partial charge is 0.310 e. The van der Waals surface area contributed by atoms with Crippen molar-refractivity contribution < 1.29 is 0 Å². The van der Waals surface area contributed by atoms with Gasteiger partial charge in [-0.3, -0.25) is 0 Å². The Balaban J connectivity index is 0.766. The molecule has 0 fully saturated rings. The molecule has 0 saturated carbocycles. The fraction of sp³-hybridized carbons (Fsp3) is 0.114. The van der Waals surface area contributed by atoms with Crippen molar-refractivity contribution >= 4 is 57.4 Å². The summed E-state index contributed by atoms with van der Waals surface area (Å²) >= 11 is 0. The van der Waals surface area contributed by atoms with E-state index in [2.05, 4.69) is 281 Å². The van der Waals surface area contributed by atoms with E-state index in [1.807, 2.05) is 0 Å². The quantitative estimate of drug-likeness (QED) is 0.103. The molecule has 344 valence electrons. The molecule has 1 unspecified atom stereocenters. The molecule has 4 aliphatic rings. The van der Waals surface area contributed by atoms with Crippen LogP contribution in [-0.2, 0) is 10.8 Å². The Hall–Kier alpha value is -8.20. The fourth-order valence-electron chi connectivity index (χ4n) is 12.5. The summed E-state index contributed by atoms with van der Waals surface area (Å²) in [7, 11) is 0. The number of rotatable bonds is 9. The van der Waals surface area contributed by atoms with Gasteiger partial charge < -0.3 is 4.90 Å². The zero-order valence-electron chi connectivity index (χ0n) is 41.5. The Morgan fingerprint density at radius 2 is 1.04 bits per heavy atom. The first kappa shape index (κ1) is 43.8. The van der Waals surface area contributed by atoms with Crippen LogP contribution in [0.3, 0.4) is 0 Å². The maximum Gasteiger partial charge on any atom is 0.242 e. The molecule has 0 bridgehead atoms. The SMILES string of the molecule is CC1(C)c2cc(C=Cc3ccc4c(c3)C(C)(C)c3cc(-c5ccc(N(C6=C7C=CC=CC7CC=C6)c6ccccc6)cc5)ccc3-4)ccc2-c2ccc(B(c3ccccc3)c3cccc4ccccc34)cc21. The highest BCUT2D eigenvalue weighted by Crippen LogP contribution is 2.51. The van der Waals surface area contributed by atoms with Gasteiger partial charge in [0.15, 0.2) is 0 Å². The molecule has 0 heterocycles. The van der Waals surface area contributed by atoms with Crippen molar-refractivity contribution in [3.05, 3.63) is 281 Å². The van der Waals surface area contributed by atoms with Gasteiger partial charge in [-0.25, -0.2) is 0 Å². The maximum absolute atomic E-state index is 2.50. The summed E-state index contributed by atoms with van der Waals surface area (Å²) < 4.78 is 0. The summed E-state index contributed by atoms with van der Waals surface area (Å²) in [6.45, 7) is 9.70. The van der Waals surface area contributed by atoms with Crippen LogP contribution >= 0.6 is 0 Å². The zero-order valence-corrected chi connectivity index (χ0v) is 41.5. The van der Waals surface area contributed by atoms with Crippen molar-refractivity contribution in [3.8, 4) is 33.4 Å². The molecule has 0 saturated heterocycles. The zero-order chi connectivity index (χ0) is 48.6. The second kappa shape index (κ2) is 17.3. The molecule has 0 N–H and O–H groups in total. The van der Waals surface area contributed by atoms with Crippen LogP contribution in [0.1, 0.15) is 67.5 Å². The van der Waals surface area contributed by atoms with E-state index in [-0.39, 0.29) is 17.5 Å². The molecule has 9 aromatic carbocycles. The summed E-state index contributed by atoms with van der Waals surface area (Å²) in [5.74, 6) is 0.403. The van der Waals surface area contributed by atoms with Crippen LogP contribution in [0.4, 0.5) is 11.4 Å². The molecule has 13 rings (SSSR count). The standard InChI is InChI=1S/C70H56BN/c1-69(2)63-43-47(31-39-59(63)61-41-35-52(45-65(61)69)49-33-37-56(38-34-49)72(55-23-9-6-10-24-55)68-28-16-20-51-18-12-14-26-58(51)68)29-30-48-32-40-60-62-42-36-54(46-66(62)70(3,4)64(60)44-48)71(53-21-7-5-8-22-53)67-27-15-19-50-17-11-13-25-57(50)67/h5-19,21-46,51H,20H2,1-4H3. The number of benzene rings is 9. The third-order valence-corrected chi connectivity index (χ3v) is 16.3. The van der Waals surface area contributed by atoms with Crippen LogP contribution in [0.5, 0.6) is 0 Å². The first-order valence-electron chi connectivity index (χ1n) is 25.7. The summed E-state index contributed by atoms with van der Waals surface area (Å²) in [5.41, 5.74) is 24.4. The van der Waals surface area contributed by atoms with Gasteiger partial charge in [-0.2, -0.15) is 0 Å². The number of allylic oxidation sites excluding steroid dienone is 7. The van der Waals surface area contributed by atoms with Crippen molar-refractivity contribution in [1.29, 1.82) is 0 Å². The molecular weight excluding hydrogens is 866 g/mol. The van der Waals surface area contributed by atoms with Gasteiger partial charge >= 0.3 is 0 Å². The first-order chi connectivity index (χ1) is 35.2. The molecule has 0 radical (unpaired) electrons. The highest BCUT2D eigenvalue weighted by Gasteiger charge is 2.38. The number of nitrogens with zero attached hydrogens (tertiary/aromatic N) is 1. The average molecular weight is 922 g/mol. The highest BCUT2D eigenvalue weighted by atomic mass is 15.1. The number of hydrogen-bond acceptors (Lipinski definition) is 1. The molecule has 2 heteroatoms. The van der Waals surface area contributed by atoms with Crippen molar-refractivity contribution in [3.63, 3.8) is 0 Å². The third kappa shape index (κ3) is 7.31. The second-order valence-corrected chi connectivity index (χ2v) is 21.2. The number of para-hydroxylation sites is 1. The molecule has 0 spiro atoms. The van der Waals surface area contributed by atoms with E-state index in [0.717, 1.165) is 17.8 Å². The Morgan fingerprint density at radius 1 is 0.472 bits per heavy atom. The minimum Gasteiger partial charge on any atom is -0.310 e. The van der Waals surface area contributed by atoms with Gasteiger partial charge in [0, 0.05) is 33.8 Å². The molecule has 1 atom stereocenters. The minimum absolute atomic E-state index is 0.117. The van der Waals surface area contributed by atoms with E-state index in [9.17, 15) is 0 Å². The van der Waals surface area contributed by atoms with Crippen LogP contribution in [0.15, 0.2) is 248 Å². The van der Waals surface area contributed by atoms with E-state index in [0.29, 0.717) is 5.92 Å². The Bertz CT molecular complexity index is 3760. The van der Waals surface area contributed by atoms with Crippen LogP contribution in [0.25, 0.3) is 56.3 Å². The van der Waals surface area contributed by atoms with E-state index < -0.39 is 0 Å². The molecule has 0 amide bonds. The molecule has 4 aliphatic carbocycles. The monoisotopic (exact) mass is 921 g/mol. The normalized spacial score (nSPS) is 16.4.